The smallest absolute Gasteiger partial charge is 0.194 e. The lowest BCUT2D eigenvalue weighted by atomic mass is 10.1. The van der Waals surface area contributed by atoms with Crippen LogP contribution in [0.5, 0.6) is 0 Å². The Bertz CT molecular complexity index is 690. The van der Waals surface area contributed by atoms with Gasteiger partial charge in [-0.05, 0) is 30.3 Å². The molecular formula is C18H15BrN+. The monoisotopic (exact) mass is 324 g/mol. The lowest BCUT2D eigenvalue weighted by Crippen LogP contribution is -2.36. The fourth-order valence-electron chi connectivity index (χ4n) is 2.28. The number of benzene rings is 2. The Labute approximate surface area is 127 Å². The zero-order valence-corrected chi connectivity index (χ0v) is 12.6. The van der Waals surface area contributed by atoms with Crippen LogP contribution in [0.25, 0.3) is 11.3 Å². The summed E-state index contributed by atoms with van der Waals surface area (Å²) in [6, 6.07) is 25.3. The van der Waals surface area contributed by atoms with E-state index in [1.165, 1.54) is 16.8 Å². The van der Waals surface area contributed by atoms with E-state index in [0.717, 1.165) is 11.0 Å². The zero-order chi connectivity index (χ0) is 13.8. The molecule has 0 aliphatic rings. The van der Waals surface area contributed by atoms with Crippen molar-refractivity contribution < 1.29 is 4.57 Å². The first-order valence-corrected chi connectivity index (χ1v) is 7.40. The molecule has 0 N–H and O–H groups in total. The van der Waals surface area contributed by atoms with Crippen LogP contribution in [0.1, 0.15) is 5.56 Å². The van der Waals surface area contributed by atoms with Gasteiger partial charge in [-0.1, -0.05) is 46.3 Å². The predicted octanol–water partition coefficient (Wildman–Crippen LogP) is 4.45. The summed E-state index contributed by atoms with van der Waals surface area (Å²) >= 11 is 3.48. The molecular weight excluding hydrogens is 310 g/mol. The molecule has 1 nitrogen and oxygen atoms in total. The third-order valence-electron chi connectivity index (χ3n) is 3.28. The quantitative estimate of drug-likeness (QED) is 0.626. The van der Waals surface area contributed by atoms with Crippen LogP contribution in [0.2, 0.25) is 0 Å². The van der Waals surface area contributed by atoms with Gasteiger partial charge in [0.1, 0.15) is 0 Å². The largest absolute Gasteiger partial charge is 0.212 e. The average Bonchev–Trinajstić information content (AvgIpc) is 2.50. The number of aromatic nitrogens is 1. The van der Waals surface area contributed by atoms with Crippen LogP contribution in [0.3, 0.4) is 0 Å². The lowest BCUT2D eigenvalue weighted by Gasteiger charge is -2.04. The fraction of sp³-hybridized carbons (Fsp3) is 0.0556. The molecule has 98 valence electrons. The Hall–Kier alpha value is -1.93. The van der Waals surface area contributed by atoms with E-state index < -0.39 is 0 Å². The highest BCUT2D eigenvalue weighted by Gasteiger charge is 2.12. The molecule has 0 atom stereocenters. The third kappa shape index (κ3) is 2.97. The highest BCUT2D eigenvalue weighted by atomic mass is 79.9. The predicted molar refractivity (Wildman–Crippen MR) is 85.3 cm³/mol. The van der Waals surface area contributed by atoms with Crippen molar-refractivity contribution >= 4 is 15.9 Å². The van der Waals surface area contributed by atoms with Crippen LogP contribution in [0.15, 0.2) is 83.5 Å². The van der Waals surface area contributed by atoms with Crippen molar-refractivity contribution in [2.24, 2.45) is 0 Å². The highest BCUT2D eigenvalue weighted by Crippen LogP contribution is 2.18. The molecule has 2 aromatic carbocycles. The number of halogens is 1. The molecule has 0 saturated carbocycles. The molecule has 0 saturated heterocycles. The molecule has 0 radical (unpaired) electrons. The third-order valence-corrected chi connectivity index (χ3v) is 3.81. The summed E-state index contributed by atoms with van der Waals surface area (Å²) < 4.78 is 3.38. The first-order chi connectivity index (χ1) is 9.83. The summed E-state index contributed by atoms with van der Waals surface area (Å²) in [5.74, 6) is 0. The number of hydrogen-bond acceptors (Lipinski definition) is 0. The maximum atomic E-state index is 3.48. The van der Waals surface area contributed by atoms with Crippen LogP contribution in [-0.2, 0) is 6.54 Å². The Morgan fingerprint density at radius 1 is 0.750 bits per heavy atom. The Morgan fingerprint density at radius 3 is 2.20 bits per heavy atom. The van der Waals surface area contributed by atoms with Gasteiger partial charge in [0.15, 0.2) is 12.7 Å². The van der Waals surface area contributed by atoms with Gasteiger partial charge in [-0.2, -0.15) is 4.57 Å². The van der Waals surface area contributed by atoms with Crippen molar-refractivity contribution in [2.75, 3.05) is 0 Å². The molecule has 0 aliphatic heterocycles. The first-order valence-electron chi connectivity index (χ1n) is 6.61. The van der Waals surface area contributed by atoms with Gasteiger partial charge in [-0.3, -0.25) is 0 Å². The van der Waals surface area contributed by atoms with Crippen molar-refractivity contribution in [3.05, 3.63) is 89.0 Å². The van der Waals surface area contributed by atoms with Gasteiger partial charge in [0, 0.05) is 27.7 Å². The molecule has 0 aliphatic carbocycles. The van der Waals surface area contributed by atoms with Crippen molar-refractivity contribution in [1.29, 1.82) is 0 Å². The molecule has 1 heterocycles. The first kappa shape index (κ1) is 13.1. The number of rotatable bonds is 3. The van der Waals surface area contributed by atoms with Crippen molar-refractivity contribution in [1.82, 2.24) is 0 Å². The van der Waals surface area contributed by atoms with E-state index in [1.807, 2.05) is 0 Å². The summed E-state index contributed by atoms with van der Waals surface area (Å²) in [5.41, 5.74) is 3.76. The molecule has 1 aromatic heterocycles. The molecule has 0 fully saturated rings. The van der Waals surface area contributed by atoms with Crippen LogP contribution < -0.4 is 4.57 Å². The van der Waals surface area contributed by atoms with Crippen LogP contribution in [0.4, 0.5) is 0 Å². The summed E-state index contributed by atoms with van der Waals surface area (Å²) in [6.07, 6.45) is 2.13. The van der Waals surface area contributed by atoms with Crippen molar-refractivity contribution in [3.8, 4) is 11.3 Å². The van der Waals surface area contributed by atoms with E-state index >= 15 is 0 Å². The van der Waals surface area contributed by atoms with E-state index in [1.54, 1.807) is 0 Å². The second-order valence-electron chi connectivity index (χ2n) is 4.71. The minimum atomic E-state index is 0.882. The summed E-state index contributed by atoms with van der Waals surface area (Å²) in [5, 5.41) is 0. The minimum absolute atomic E-state index is 0.882. The molecule has 20 heavy (non-hydrogen) atoms. The van der Waals surface area contributed by atoms with Gasteiger partial charge >= 0.3 is 0 Å². The van der Waals surface area contributed by atoms with Gasteiger partial charge in [0.25, 0.3) is 0 Å². The maximum Gasteiger partial charge on any atom is 0.212 e. The maximum absolute atomic E-state index is 3.48. The molecule has 0 spiro atoms. The summed E-state index contributed by atoms with van der Waals surface area (Å²) in [7, 11) is 0. The van der Waals surface area contributed by atoms with E-state index in [4.69, 9.17) is 0 Å². The Morgan fingerprint density at radius 2 is 1.45 bits per heavy atom. The second-order valence-corrected chi connectivity index (χ2v) is 5.62. The van der Waals surface area contributed by atoms with Gasteiger partial charge in [0.05, 0.1) is 0 Å². The van der Waals surface area contributed by atoms with E-state index in [9.17, 15) is 0 Å². The van der Waals surface area contributed by atoms with Gasteiger partial charge in [-0.15, -0.1) is 0 Å². The molecule has 0 bridgehead atoms. The fourth-order valence-corrected chi connectivity index (χ4v) is 2.54. The van der Waals surface area contributed by atoms with Crippen LogP contribution in [-0.4, -0.2) is 0 Å². The Balaban J connectivity index is 1.98. The van der Waals surface area contributed by atoms with Gasteiger partial charge in [0.2, 0.25) is 5.69 Å². The second kappa shape index (κ2) is 6.02. The Kier molecular flexibility index (Phi) is 3.93. The lowest BCUT2D eigenvalue weighted by molar-refractivity contribution is -0.677. The van der Waals surface area contributed by atoms with Gasteiger partial charge < -0.3 is 0 Å². The van der Waals surface area contributed by atoms with Crippen molar-refractivity contribution in [3.63, 3.8) is 0 Å². The summed E-state index contributed by atoms with van der Waals surface area (Å²) in [4.78, 5) is 0. The number of pyridine rings is 1. The number of hydrogen-bond donors (Lipinski definition) is 0. The topological polar surface area (TPSA) is 3.88 Å². The molecule has 0 unspecified atom stereocenters. The van der Waals surface area contributed by atoms with E-state index in [-0.39, 0.29) is 0 Å². The van der Waals surface area contributed by atoms with Crippen LogP contribution >= 0.6 is 15.9 Å². The van der Waals surface area contributed by atoms with E-state index in [0.29, 0.717) is 0 Å². The standard InChI is InChI=1S/C18H15BrN/c19-17-11-9-16(10-12-17)18-8-4-5-13-20(18)14-15-6-2-1-3-7-15/h1-13H,14H2/q+1. The number of nitrogens with zero attached hydrogens (tertiary/aromatic N) is 1. The molecule has 3 aromatic rings. The van der Waals surface area contributed by atoms with Crippen molar-refractivity contribution in [2.45, 2.75) is 6.54 Å². The zero-order valence-electron chi connectivity index (χ0n) is 11.0. The van der Waals surface area contributed by atoms with Gasteiger partial charge in [-0.25, -0.2) is 0 Å². The molecule has 0 amide bonds. The highest BCUT2D eigenvalue weighted by molar-refractivity contribution is 9.10. The SMILES string of the molecule is Brc1ccc(-c2cccc[n+]2Cc2ccccc2)cc1. The average molecular weight is 325 g/mol. The minimum Gasteiger partial charge on any atom is -0.194 e. The van der Waals surface area contributed by atoms with E-state index in [2.05, 4.69) is 99.5 Å². The normalized spacial score (nSPS) is 10.4. The van der Waals surface area contributed by atoms with Crippen LogP contribution in [0, 0.1) is 0 Å². The summed E-state index contributed by atoms with van der Waals surface area (Å²) in [6.45, 7) is 0.882. The molecule has 2 heteroatoms. The molecule has 3 rings (SSSR count).